The van der Waals surface area contributed by atoms with Gasteiger partial charge in [-0.05, 0) is 30.2 Å². The Morgan fingerprint density at radius 1 is 1.29 bits per heavy atom. The number of alkyl halides is 3. The van der Waals surface area contributed by atoms with Crippen molar-refractivity contribution in [3.63, 3.8) is 0 Å². The second kappa shape index (κ2) is 5.21. The van der Waals surface area contributed by atoms with Crippen LogP contribution in [0.1, 0.15) is 17.5 Å². The molecule has 0 fully saturated rings. The predicted octanol–water partition coefficient (Wildman–Crippen LogP) is 2.90. The molecule has 0 N–H and O–H groups in total. The van der Waals surface area contributed by atoms with Crippen molar-refractivity contribution in [2.45, 2.75) is 19.0 Å². The fourth-order valence-corrected chi connectivity index (χ4v) is 1.56. The number of aldehydes is 1. The van der Waals surface area contributed by atoms with Crippen LogP contribution in [0.5, 0.6) is 0 Å². The van der Waals surface area contributed by atoms with Crippen molar-refractivity contribution >= 4 is 12.0 Å². The highest BCUT2D eigenvalue weighted by molar-refractivity contribution is 5.54. The number of aryl methyl sites for hydroxylation is 1. The van der Waals surface area contributed by atoms with Crippen LogP contribution in [-0.4, -0.2) is 20.4 Å². The molecule has 1 aromatic rings. The van der Waals surface area contributed by atoms with Crippen molar-refractivity contribution in [2.24, 2.45) is 0 Å². The standard InChI is InChI=1S/C12H14F3NO/c1-16(2)10-5-6-11(12(13,14)15)9(8-10)4-3-7-17/h5-8H,3-4H2,1-2H3. The molecule has 0 spiro atoms. The first-order chi connectivity index (χ1) is 7.86. The molecule has 0 unspecified atom stereocenters. The van der Waals surface area contributed by atoms with Crippen molar-refractivity contribution in [3.8, 4) is 0 Å². The minimum absolute atomic E-state index is 0.0972. The first-order valence-electron chi connectivity index (χ1n) is 5.17. The number of anilines is 1. The van der Waals surface area contributed by atoms with Crippen molar-refractivity contribution in [3.05, 3.63) is 29.3 Å². The molecule has 1 aromatic carbocycles. The van der Waals surface area contributed by atoms with Crippen LogP contribution in [0.4, 0.5) is 18.9 Å². The molecule has 0 aliphatic heterocycles. The van der Waals surface area contributed by atoms with E-state index in [1.54, 1.807) is 19.0 Å². The van der Waals surface area contributed by atoms with Gasteiger partial charge in [0.05, 0.1) is 5.56 Å². The number of benzene rings is 1. The lowest BCUT2D eigenvalue weighted by Crippen LogP contribution is -2.13. The molecule has 0 aliphatic rings. The molecular weight excluding hydrogens is 231 g/mol. The maximum atomic E-state index is 12.7. The van der Waals surface area contributed by atoms with E-state index < -0.39 is 11.7 Å². The lowest BCUT2D eigenvalue weighted by atomic mass is 10.0. The van der Waals surface area contributed by atoms with Gasteiger partial charge in [-0.3, -0.25) is 0 Å². The summed E-state index contributed by atoms with van der Waals surface area (Å²) in [6.07, 6.45) is -3.54. The minimum atomic E-state index is -4.37. The van der Waals surface area contributed by atoms with Crippen LogP contribution in [0.15, 0.2) is 18.2 Å². The predicted molar refractivity (Wildman–Crippen MR) is 60.2 cm³/mol. The molecule has 94 valence electrons. The van der Waals surface area contributed by atoms with E-state index in [0.717, 1.165) is 6.07 Å². The average Bonchev–Trinajstić information content (AvgIpc) is 2.24. The topological polar surface area (TPSA) is 20.3 Å². The van der Waals surface area contributed by atoms with Crippen LogP contribution >= 0.6 is 0 Å². The number of hydrogen-bond donors (Lipinski definition) is 0. The van der Waals surface area contributed by atoms with E-state index in [0.29, 0.717) is 12.0 Å². The average molecular weight is 245 g/mol. The summed E-state index contributed by atoms with van der Waals surface area (Å²) in [6, 6.07) is 3.97. The third kappa shape index (κ3) is 3.47. The fourth-order valence-electron chi connectivity index (χ4n) is 1.56. The molecule has 0 aliphatic carbocycles. The smallest absolute Gasteiger partial charge is 0.378 e. The largest absolute Gasteiger partial charge is 0.416 e. The van der Waals surface area contributed by atoms with E-state index in [4.69, 9.17) is 0 Å². The summed E-state index contributed by atoms with van der Waals surface area (Å²) in [5.74, 6) is 0. The van der Waals surface area contributed by atoms with Crippen LogP contribution in [0, 0.1) is 0 Å². The van der Waals surface area contributed by atoms with Crippen LogP contribution in [0.2, 0.25) is 0 Å². The van der Waals surface area contributed by atoms with E-state index in [-0.39, 0.29) is 18.4 Å². The fraction of sp³-hybridized carbons (Fsp3) is 0.417. The van der Waals surface area contributed by atoms with Gasteiger partial charge in [-0.1, -0.05) is 0 Å². The monoisotopic (exact) mass is 245 g/mol. The summed E-state index contributed by atoms with van der Waals surface area (Å²) < 4.78 is 38.1. The Morgan fingerprint density at radius 3 is 2.41 bits per heavy atom. The van der Waals surface area contributed by atoms with Gasteiger partial charge >= 0.3 is 6.18 Å². The molecule has 0 atom stereocenters. The molecule has 1 rings (SSSR count). The number of nitrogens with zero attached hydrogens (tertiary/aromatic N) is 1. The Kier molecular flexibility index (Phi) is 4.15. The lowest BCUT2D eigenvalue weighted by molar-refractivity contribution is -0.138. The van der Waals surface area contributed by atoms with E-state index in [9.17, 15) is 18.0 Å². The number of halogens is 3. The van der Waals surface area contributed by atoms with Gasteiger partial charge in [0.25, 0.3) is 0 Å². The normalized spacial score (nSPS) is 11.4. The van der Waals surface area contributed by atoms with Gasteiger partial charge in [0.15, 0.2) is 0 Å². The Hall–Kier alpha value is -1.52. The third-order valence-electron chi connectivity index (χ3n) is 2.44. The van der Waals surface area contributed by atoms with Crippen LogP contribution in [-0.2, 0) is 17.4 Å². The zero-order valence-corrected chi connectivity index (χ0v) is 9.71. The first kappa shape index (κ1) is 13.5. The van der Waals surface area contributed by atoms with Crippen molar-refractivity contribution in [1.82, 2.24) is 0 Å². The van der Waals surface area contributed by atoms with E-state index in [1.807, 2.05) is 0 Å². The zero-order chi connectivity index (χ0) is 13.1. The number of carbonyl (C=O) groups is 1. The molecule has 2 nitrogen and oxygen atoms in total. The summed E-state index contributed by atoms with van der Waals surface area (Å²) in [5.41, 5.74) is 0.194. The number of hydrogen-bond acceptors (Lipinski definition) is 2. The van der Waals surface area contributed by atoms with Gasteiger partial charge in [0.2, 0.25) is 0 Å². The molecule has 0 radical (unpaired) electrons. The molecule has 0 heterocycles. The van der Waals surface area contributed by atoms with Gasteiger partial charge in [-0.2, -0.15) is 13.2 Å². The molecule has 0 bridgehead atoms. The summed E-state index contributed by atoms with van der Waals surface area (Å²) in [5, 5.41) is 0. The van der Waals surface area contributed by atoms with E-state index >= 15 is 0 Å². The summed E-state index contributed by atoms with van der Waals surface area (Å²) in [6.45, 7) is 0. The summed E-state index contributed by atoms with van der Waals surface area (Å²) in [7, 11) is 3.51. The van der Waals surface area contributed by atoms with Gasteiger partial charge in [-0.15, -0.1) is 0 Å². The van der Waals surface area contributed by atoms with Crippen molar-refractivity contribution < 1.29 is 18.0 Å². The Labute approximate surface area is 98.0 Å². The quantitative estimate of drug-likeness (QED) is 0.760. The Balaban J connectivity index is 3.16. The minimum Gasteiger partial charge on any atom is -0.378 e. The highest BCUT2D eigenvalue weighted by atomic mass is 19.4. The van der Waals surface area contributed by atoms with Crippen molar-refractivity contribution in [2.75, 3.05) is 19.0 Å². The molecule has 0 saturated heterocycles. The van der Waals surface area contributed by atoms with Gasteiger partial charge in [0, 0.05) is 26.2 Å². The van der Waals surface area contributed by atoms with Gasteiger partial charge < -0.3 is 9.69 Å². The Bertz CT molecular complexity index is 399. The zero-order valence-electron chi connectivity index (χ0n) is 9.71. The maximum absolute atomic E-state index is 12.7. The van der Waals surface area contributed by atoms with Crippen molar-refractivity contribution in [1.29, 1.82) is 0 Å². The SMILES string of the molecule is CN(C)c1ccc(C(F)(F)F)c(CCC=O)c1. The van der Waals surface area contributed by atoms with Gasteiger partial charge in [-0.25, -0.2) is 0 Å². The van der Waals surface area contributed by atoms with Crippen LogP contribution in [0.25, 0.3) is 0 Å². The molecular formula is C12H14F3NO. The molecule has 0 saturated carbocycles. The van der Waals surface area contributed by atoms with Crippen LogP contribution < -0.4 is 4.90 Å². The van der Waals surface area contributed by atoms with Gasteiger partial charge in [0.1, 0.15) is 6.29 Å². The molecule has 0 aromatic heterocycles. The summed E-state index contributed by atoms with van der Waals surface area (Å²) in [4.78, 5) is 12.0. The van der Waals surface area contributed by atoms with E-state index in [1.165, 1.54) is 12.1 Å². The first-order valence-corrected chi connectivity index (χ1v) is 5.17. The number of carbonyl (C=O) groups excluding carboxylic acids is 1. The third-order valence-corrected chi connectivity index (χ3v) is 2.44. The second-order valence-corrected chi connectivity index (χ2v) is 3.94. The number of rotatable bonds is 4. The molecule has 5 heteroatoms. The second-order valence-electron chi connectivity index (χ2n) is 3.94. The maximum Gasteiger partial charge on any atom is 0.416 e. The lowest BCUT2D eigenvalue weighted by Gasteiger charge is -2.17. The highest BCUT2D eigenvalue weighted by Crippen LogP contribution is 2.34. The molecule has 17 heavy (non-hydrogen) atoms. The van der Waals surface area contributed by atoms with Crippen LogP contribution in [0.3, 0.4) is 0 Å². The highest BCUT2D eigenvalue weighted by Gasteiger charge is 2.33. The Morgan fingerprint density at radius 2 is 1.94 bits per heavy atom. The molecule has 0 amide bonds. The van der Waals surface area contributed by atoms with E-state index in [2.05, 4.69) is 0 Å². The summed E-state index contributed by atoms with van der Waals surface area (Å²) >= 11 is 0.